The van der Waals surface area contributed by atoms with Crippen LogP contribution in [0.15, 0.2) is 60.7 Å². The number of aromatic nitrogens is 2. The van der Waals surface area contributed by atoms with Crippen LogP contribution in [-0.2, 0) is 4.79 Å². The van der Waals surface area contributed by atoms with Crippen molar-refractivity contribution in [2.75, 3.05) is 6.54 Å². The van der Waals surface area contributed by atoms with Crippen LogP contribution in [-0.4, -0.2) is 22.4 Å². The molecule has 1 amide bonds. The largest absolute Gasteiger partial charge is 0.426 e. The summed E-state index contributed by atoms with van der Waals surface area (Å²) in [7, 11) is 0. The topological polar surface area (TPSA) is 67.0 Å². The zero-order valence-corrected chi connectivity index (χ0v) is 12.3. The molecule has 1 aliphatic rings. The normalized spacial score (nSPS) is 17.2. The van der Waals surface area contributed by atoms with Gasteiger partial charge in [-0.3, -0.25) is 4.79 Å². The van der Waals surface area contributed by atoms with E-state index in [2.05, 4.69) is 15.3 Å². The van der Waals surface area contributed by atoms with E-state index in [1.165, 1.54) is 0 Å². The predicted octanol–water partition coefficient (Wildman–Crippen LogP) is 3.12. The number of aromatic amines is 1. The lowest BCUT2D eigenvalue weighted by atomic mass is 9.96. The lowest BCUT2D eigenvalue weighted by molar-refractivity contribution is -0.121. The summed E-state index contributed by atoms with van der Waals surface area (Å²) in [5, 5.41) is 2.83. The van der Waals surface area contributed by atoms with Crippen molar-refractivity contribution in [2.24, 2.45) is 0 Å². The molecule has 0 aliphatic carbocycles. The van der Waals surface area contributed by atoms with Crippen molar-refractivity contribution >= 4 is 16.9 Å². The molecule has 2 N–H and O–H groups in total. The van der Waals surface area contributed by atoms with E-state index in [4.69, 9.17) is 4.74 Å². The molecule has 0 saturated carbocycles. The number of nitrogens with zero attached hydrogens (tertiary/aromatic N) is 1. The number of hydrogen-bond acceptors (Lipinski definition) is 3. The first kappa shape index (κ1) is 13.6. The number of carbonyl (C=O) groups excluding carboxylic acids is 1. The van der Waals surface area contributed by atoms with Crippen molar-refractivity contribution in [1.82, 2.24) is 15.3 Å². The van der Waals surface area contributed by atoms with E-state index >= 15 is 0 Å². The summed E-state index contributed by atoms with van der Waals surface area (Å²) in [5.74, 6) is 0.468. The van der Waals surface area contributed by atoms with Gasteiger partial charge >= 0.3 is 0 Å². The van der Waals surface area contributed by atoms with E-state index in [-0.39, 0.29) is 11.8 Å². The van der Waals surface area contributed by atoms with Gasteiger partial charge < -0.3 is 15.0 Å². The van der Waals surface area contributed by atoms with E-state index in [1.54, 1.807) is 0 Å². The average molecular weight is 305 g/mol. The number of hydrogen-bond donors (Lipinski definition) is 2. The first-order valence-electron chi connectivity index (χ1n) is 7.46. The molecule has 3 aromatic rings. The van der Waals surface area contributed by atoms with Crippen molar-refractivity contribution < 1.29 is 9.53 Å². The smallest absolute Gasteiger partial charge is 0.300 e. The SMILES string of the molecule is O=C1NCC=CC1c1ccc(Oc2nc3ccccc3[nH]2)cc1. The first-order chi connectivity index (χ1) is 11.3. The summed E-state index contributed by atoms with van der Waals surface area (Å²) < 4.78 is 5.75. The third-order valence-electron chi connectivity index (χ3n) is 3.83. The van der Waals surface area contributed by atoms with Gasteiger partial charge in [0, 0.05) is 6.54 Å². The number of imidazole rings is 1. The van der Waals surface area contributed by atoms with Crippen molar-refractivity contribution in [1.29, 1.82) is 0 Å². The molecular formula is C18H15N3O2. The first-order valence-corrected chi connectivity index (χ1v) is 7.46. The highest BCUT2D eigenvalue weighted by atomic mass is 16.5. The molecule has 2 aromatic carbocycles. The molecule has 1 aromatic heterocycles. The second-order valence-corrected chi connectivity index (χ2v) is 5.38. The molecule has 0 spiro atoms. The number of amides is 1. The highest BCUT2D eigenvalue weighted by molar-refractivity contribution is 5.86. The molecule has 23 heavy (non-hydrogen) atoms. The molecule has 0 saturated heterocycles. The molecule has 5 nitrogen and oxygen atoms in total. The van der Waals surface area contributed by atoms with E-state index in [0.29, 0.717) is 18.3 Å². The van der Waals surface area contributed by atoms with Gasteiger partial charge in [0.1, 0.15) is 5.75 Å². The van der Waals surface area contributed by atoms with Crippen molar-refractivity contribution in [3.8, 4) is 11.8 Å². The highest BCUT2D eigenvalue weighted by Crippen LogP contribution is 2.25. The van der Waals surface area contributed by atoms with E-state index in [1.807, 2.05) is 60.7 Å². The Kier molecular flexibility index (Phi) is 3.31. The summed E-state index contributed by atoms with van der Waals surface area (Å²) in [5.41, 5.74) is 2.74. The second-order valence-electron chi connectivity index (χ2n) is 5.38. The Morgan fingerprint density at radius 3 is 2.70 bits per heavy atom. The van der Waals surface area contributed by atoms with Crippen LogP contribution in [0.1, 0.15) is 11.5 Å². The summed E-state index contributed by atoms with van der Waals surface area (Å²) in [4.78, 5) is 19.4. The van der Waals surface area contributed by atoms with E-state index in [9.17, 15) is 4.79 Å². The molecule has 5 heteroatoms. The Balaban J connectivity index is 1.55. The van der Waals surface area contributed by atoms with E-state index in [0.717, 1.165) is 16.6 Å². The van der Waals surface area contributed by atoms with Crippen LogP contribution in [0.3, 0.4) is 0 Å². The fourth-order valence-corrected chi connectivity index (χ4v) is 2.66. The number of nitrogens with one attached hydrogen (secondary N) is 2. The van der Waals surface area contributed by atoms with Crippen LogP contribution < -0.4 is 10.1 Å². The third kappa shape index (κ3) is 2.68. The zero-order valence-electron chi connectivity index (χ0n) is 12.3. The third-order valence-corrected chi connectivity index (χ3v) is 3.83. The molecule has 2 heterocycles. The lowest BCUT2D eigenvalue weighted by Gasteiger charge is -2.17. The molecule has 0 bridgehead atoms. The van der Waals surface area contributed by atoms with Gasteiger partial charge in [-0.2, -0.15) is 4.98 Å². The molecule has 1 atom stereocenters. The monoisotopic (exact) mass is 305 g/mol. The van der Waals surface area contributed by atoms with Crippen LogP contribution >= 0.6 is 0 Å². The van der Waals surface area contributed by atoms with Crippen LogP contribution in [0, 0.1) is 0 Å². The maximum absolute atomic E-state index is 11.9. The molecule has 0 radical (unpaired) electrons. The molecule has 1 aliphatic heterocycles. The Labute approximate surface area is 133 Å². The van der Waals surface area contributed by atoms with Crippen LogP contribution in [0.4, 0.5) is 0 Å². The minimum absolute atomic E-state index is 0.0263. The van der Waals surface area contributed by atoms with E-state index < -0.39 is 0 Å². The number of H-pyrrole nitrogens is 1. The van der Waals surface area contributed by atoms with Gasteiger partial charge in [-0.05, 0) is 29.8 Å². The van der Waals surface area contributed by atoms with Crippen LogP contribution in [0.2, 0.25) is 0 Å². The standard InChI is InChI=1S/C18H15N3O2/c22-17-14(4-3-11-19-17)12-7-9-13(10-8-12)23-18-20-15-5-1-2-6-16(15)21-18/h1-10,14H,11H2,(H,19,22)(H,20,21). The van der Waals surface area contributed by atoms with Gasteiger partial charge in [0.25, 0.3) is 6.01 Å². The molecule has 1 unspecified atom stereocenters. The zero-order chi connectivity index (χ0) is 15.6. The average Bonchev–Trinajstić information content (AvgIpc) is 2.98. The number of benzene rings is 2. The van der Waals surface area contributed by atoms with Crippen molar-refractivity contribution in [3.63, 3.8) is 0 Å². The number of para-hydroxylation sites is 2. The number of carbonyl (C=O) groups is 1. The van der Waals surface area contributed by atoms with Gasteiger partial charge in [0.05, 0.1) is 17.0 Å². The molecule has 114 valence electrons. The summed E-state index contributed by atoms with van der Waals surface area (Å²) in [6.45, 7) is 0.600. The number of ether oxygens (including phenoxy) is 1. The second kappa shape index (κ2) is 5.61. The summed E-state index contributed by atoms with van der Waals surface area (Å²) >= 11 is 0. The number of rotatable bonds is 3. The maximum atomic E-state index is 11.9. The fourth-order valence-electron chi connectivity index (χ4n) is 2.66. The molecule has 0 fully saturated rings. The van der Waals surface area contributed by atoms with Crippen molar-refractivity contribution in [3.05, 3.63) is 66.2 Å². The van der Waals surface area contributed by atoms with Gasteiger partial charge in [-0.25, -0.2) is 0 Å². The van der Waals surface area contributed by atoms with Crippen LogP contribution in [0.5, 0.6) is 11.8 Å². The number of fused-ring (bicyclic) bond motifs is 1. The Hall–Kier alpha value is -3.08. The maximum Gasteiger partial charge on any atom is 0.300 e. The Bertz CT molecular complexity index is 848. The molecule has 4 rings (SSSR count). The summed E-state index contributed by atoms with van der Waals surface area (Å²) in [6, 6.07) is 15.7. The van der Waals surface area contributed by atoms with Gasteiger partial charge in [-0.15, -0.1) is 0 Å². The van der Waals surface area contributed by atoms with Gasteiger partial charge in [-0.1, -0.05) is 36.4 Å². The fraction of sp³-hybridized carbons (Fsp3) is 0.111. The summed E-state index contributed by atoms with van der Waals surface area (Å²) in [6.07, 6.45) is 3.89. The minimum Gasteiger partial charge on any atom is -0.426 e. The highest BCUT2D eigenvalue weighted by Gasteiger charge is 2.19. The van der Waals surface area contributed by atoms with Crippen LogP contribution in [0.25, 0.3) is 11.0 Å². The Morgan fingerprint density at radius 2 is 1.91 bits per heavy atom. The van der Waals surface area contributed by atoms with Gasteiger partial charge in [0.2, 0.25) is 5.91 Å². The quantitative estimate of drug-likeness (QED) is 0.731. The van der Waals surface area contributed by atoms with Crippen molar-refractivity contribution in [2.45, 2.75) is 5.92 Å². The lowest BCUT2D eigenvalue weighted by Crippen LogP contribution is -2.31. The Morgan fingerprint density at radius 1 is 1.09 bits per heavy atom. The minimum atomic E-state index is -0.232. The molecular weight excluding hydrogens is 290 g/mol. The van der Waals surface area contributed by atoms with Gasteiger partial charge in [0.15, 0.2) is 0 Å². The predicted molar refractivity (Wildman–Crippen MR) is 87.5 cm³/mol.